The third-order valence-corrected chi connectivity index (χ3v) is 5.40. The summed E-state index contributed by atoms with van der Waals surface area (Å²) in [5, 5.41) is 7.33. The number of guanidine groups is 1. The fraction of sp³-hybridized carbons (Fsp3) is 0.455. The molecule has 1 aromatic heterocycles. The maximum Gasteiger partial charge on any atom is 0.191 e. The average molecular weight is 418 g/mol. The Balaban J connectivity index is 1.47. The number of halogens is 2. The molecule has 7 heteroatoms. The van der Waals surface area contributed by atoms with Crippen molar-refractivity contribution in [3.8, 4) is 0 Å². The Bertz CT molecular complexity index is 791. The van der Waals surface area contributed by atoms with Gasteiger partial charge < -0.3 is 10.6 Å². The summed E-state index contributed by atoms with van der Waals surface area (Å²) in [5.41, 5.74) is 2.03. The summed E-state index contributed by atoms with van der Waals surface area (Å²) in [7, 11) is 0. The van der Waals surface area contributed by atoms with Crippen LogP contribution in [0.5, 0.6) is 0 Å². The highest BCUT2D eigenvalue weighted by Gasteiger charge is 2.20. The molecule has 0 amide bonds. The van der Waals surface area contributed by atoms with Gasteiger partial charge in [-0.3, -0.25) is 14.9 Å². The van der Waals surface area contributed by atoms with E-state index >= 15 is 0 Å². The molecule has 2 heterocycles. The topological polar surface area (TPSA) is 52.6 Å². The molecule has 1 aliphatic rings. The van der Waals surface area contributed by atoms with Crippen molar-refractivity contribution in [1.29, 1.82) is 0 Å². The van der Waals surface area contributed by atoms with Crippen molar-refractivity contribution in [2.45, 2.75) is 38.8 Å². The van der Waals surface area contributed by atoms with E-state index in [1.54, 1.807) is 6.07 Å². The van der Waals surface area contributed by atoms with Crippen LogP contribution in [0.4, 0.5) is 4.39 Å². The lowest BCUT2D eigenvalue weighted by atomic mass is 10.0. The SMILES string of the molecule is CCNC(=NCCc1ccc(F)cc1Cl)NC1CCN(Cc2ccccn2)CC1. The summed E-state index contributed by atoms with van der Waals surface area (Å²) in [6.07, 6.45) is 4.67. The van der Waals surface area contributed by atoms with Crippen LogP contribution >= 0.6 is 11.6 Å². The van der Waals surface area contributed by atoms with E-state index in [9.17, 15) is 4.39 Å². The first kappa shape index (κ1) is 21.5. The van der Waals surface area contributed by atoms with Gasteiger partial charge in [0.25, 0.3) is 0 Å². The van der Waals surface area contributed by atoms with E-state index in [1.165, 1.54) is 12.1 Å². The van der Waals surface area contributed by atoms with Crippen LogP contribution in [0.2, 0.25) is 5.02 Å². The number of benzene rings is 1. The van der Waals surface area contributed by atoms with Crippen molar-refractivity contribution < 1.29 is 4.39 Å². The first-order chi connectivity index (χ1) is 14.1. The smallest absolute Gasteiger partial charge is 0.191 e. The van der Waals surface area contributed by atoms with Crippen LogP contribution < -0.4 is 10.6 Å². The molecular formula is C22H29ClFN5. The second-order valence-electron chi connectivity index (χ2n) is 7.26. The van der Waals surface area contributed by atoms with Gasteiger partial charge in [-0.05, 0) is 56.0 Å². The third kappa shape index (κ3) is 6.98. The lowest BCUT2D eigenvalue weighted by Gasteiger charge is -2.32. The predicted molar refractivity (Wildman–Crippen MR) is 117 cm³/mol. The molecule has 0 aliphatic carbocycles. The summed E-state index contributed by atoms with van der Waals surface area (Å²) in [6, 6.07) is 11.0. The summed E-state index contributed by atoms with van der Waals surface area (Å²) in [5.74, 6) is 0.514. The number of hydrogen-bond donors (Lipinski definition) is 2. The summed E-state index contributed by atoms with van der Waals surface area (Å²) in [4.78, 5) is 11.5. The molecule has 1 aliphatic heterocycles. The normalized spacial score (nSPS) is 16.0. The molecule has 0 spiro atoms. The molecule has 156 valence electrons. The molecule has 0 saturated carbocycles. The molecule has 1 aromatic carbocycles. The van der Waals surface area contributed by atoms with E-state index < -0.39 is 0 Å². The summed E-state index contributed by atoms with van der Waals surface area (Å²) in [6.45, 7) is 6.45. The zero-order valence-corrected chi connectivity index (χ0v) is 17.6. The van der Waals surface area contributed by atoms with E-state index in [1.807, 2.05) is 18.3 Å². The van der Waals surface area contributed by atoms with Gasteiger partial charge in [0.2, 0.25) is 0 Å². The number of nitrogens with one attached hydrogen (secondary N) is 2. The third-order valence-electron chi connectivity index (χ3n) is 5.05. The first-order valence-electron chi connectivity index (χ1n) is 10.2. The Morgan fingerprint density at radius 3 is 2.79 bits per heavy atom. The Hall–Kier alpha value is -2.18. The first-order valence-corrected chi connectivity index (χ1v) is 10.6. The Kier molecular flexibility index (Phi) is 8.25. The van der Waals surface area contributed by atoms with Crippen LogP contribution in [-0.2, 0) is 13.0 Å². The highest BCUT2D eigenvalue weighted by Crippen LogP contribution is 2.18. The number of aromatic nitrogens is 1. The molecule has 0 unspecified atom stereocenters. The molecule has 0 bridgehead atoms. The minimum Gasteiger partial charge on any atom is -0.357 e. The number of rotatable bonds is 7. The number of piperidine rings is 1. The maximum absolute atomic E-state index is 13.2. The van der Waals surface area contributed by atoms with Gasteiger partial charge >= 0.3 is 0 Å². The zero-order valence-electron chi connectivity index (χ0n) is 16.9. The predicted octanol–water partition coefficient (Wildman–Crippen LogP) is 3.64. The Morgan fingerprint density at radius 2 is 2.10 bits per heavy atom. The highest BCUT2D eigenvalue weighted by molar-refractivity contribution is 6.31. The van der Waals surface area contributed by atoms with Crippen LogP contribution in [0.15, 0.2) is 47.6 Å². The quantitative estimate of drug-likeness (QED) is 0.533. The number of nitrogens with zero attached hydrogens (tertiary/aromatic N) is 3. The fourth-order valence-electron chi connectivity index (χ4n) is 3.48. The number of aliphatic imine (C=N–C) groups is 1. The largest absolute Gasteiger partial charge is 0.357 e. The monoisotopic (exact) mass is 417 g/mol. The highest BCUT2D eigenvalue weighted by atomic mass is 35.5. The van der Waals surface area contributed by atoms with Gasteiger partial charge in [0.15, 0.2) is 5.96 Å². The Morgan fingerprint density at radius 1 is 1.28 bits per heavy atom. The molecule has 2 N–H and O–H groups in total. The molecule has 1 saturated heterocycles. The molecule has 3 rings (SSSR count). The summed E-state index contributed by atoms with van der Waals surface area (Å²) < 4.78 is 13.2. The maximum atomic E-state index is 13.2. The lowest BCUT2D eigenvalue weighted by molar-refractivity contribution is 0.196. The summed E-state index contributed by atoms with van der Waals surface area (Å²) >= 11 is 6.10. The molecule has 0 radical (unpaired) electrons. The minimum atomic E-state index is -0.313. The van der Waals surface area contributed by atoms with Gasteiger partial charge in [-0.25, -0.2) is 4.39 Å². The van der Waals surface area contributed by atoms with Crippen molar-refractivity contribution in [2.75, 3.05) is 26.2 Å². The zero-order chi connectivity index (χ0) is 20.5. The molecule has 0 atom stereocenters. The van der Waals surface area contributed by atoms with Crippen LogP contribution in [0.25, 0.3) is 0 Å². The molecule has 29 heavy (non-hydrogen) atoms. The van der Waals surface area contributed by atoms with Crippen LogP contribution in [-0.4, -0.2) is 48.1 Å². The van der Waals surface area contributed by atoms with Crippen molar-refractivity contribution >= 4 is 17.6 Å². The molecule has 1 fully saturated rings. The van der Waals surface area contributed by atoms with Crippen LogP contribution in [0.1, 0.15) is 31.0 Å². The van der Waals surface area contributed by atoms with Gasteiger partial charge in [-0.2, -0.15) is 0 Å². The van der Waals surface area contributed by atoms with E-state index in [0.29, 0.717) is 24.0 Å². The van der Waals surface area contributed by atoms with E-state index in [0.717, 1.165) is 56.2 Å². The second kappa shape index (κ2) is 11.1. The van der Waals surface area contributed by atoms with Crippen molar-refractivity contribution in [3.63, 3.8) is 0 Å². The van der Waals surface area contributed by atoms with Gasteiger partial charge in [0, 0.05) is 50.0 Å². The van der Waals surface area contributed by atoms with E-state index in [2.05, 4.69) is 38.5 Å². The average Bonchev–Trinajstić information content (AvgIpc) is 2.72. The lowest BCUT2D eigenvalue weighted by Crippen LogP contribution is -2.48. The number of likely N-dealkylation sites (tertiary alicyclic amines) is 1. The second-order valence-corrected chi connectivity index (χ2v) is 7.67. The van der Waals surface area contributed by atoms with Gasteiger partial charge in [0.1, 0.15) is 5.82 Å². The van der Waals surface area contributed by atoms with Gasteiger partial charge in [-0.1, -0.05) is 23.7 Å². The Labute approximate surface area is 177 Å². The van der Waals surface area contributed by atoms with Crippen molar-refractivity contribution in [1.82, 2.24) is 20.5 Å². The molecule has 5 nitrogen and oxygen atoms in total. The van der Waals surface area contributed by atoms with Crippen molar-refractivity contribution in [2.24, 2.45) is 4.99 Å². The van der Waals surface area contributed by atoms with Crippen LogP contribution in [0.3, 0.4) is 0 Å². The number of pyridine rings is 1. The molecule has 2 aromatic rings. The van der Waals surface area contributed by atoms with Gasteiger partial charge in [0.05, 0.1) is 5.69 Å². The van der Waals surface area contributed by atoms with E-state index in [4.69, 9.17) is 11.6 Å². The van der Waals surface area contributed by atoms with E-state index in [-0.39, 0.29) is 5.82 Å². The van der Waals surface area contributed by atoms with Crippen LogP contribution in [0, 0.1) is 5.82 Å². The van der Waals surface area contributed by atoms with Crippen molar-refractivity contribution in [3.05, 3.63) is 64.7 Å². The standard InChI is InChI=1S/C22H29ClFN5/c1-2-25-22(27-12-8-17-6-7-18(24)15-21(17)23)28-19-9-13-29(14-10-19)16-20-5-3-4-11-26-20/h3-7,11,15,19H,2,8-10,12-14,16H2,1H3,(H2,25,27,28). The minimum absolute atomic E-state index is 0.313. The number of hydrogen-bond acceptors (Lipinski definition) is 3. The molecular weight excluding hydrogens is 389 g/mol. The van der Waals surface area contributed by atoms with Gasteiger partial charge in [-0.15, -0.1) is 0 Å². The fourth-order valence-corrected chi connectivity index (χ4v) is 3.74.